The standard InChI is InChI=1S/C17H20ClN3O2/c1-12-6-7-13(10-20-12)8-9-19-17(23)21-11-16(22)14-4-2-3-5-15(14)18/h2-7,10,16,22H,8-9,11H2,1H3,(H2,19,21,23). The third-order valence-corrected chi connectivity index (χ3v) is 3.74. The van der Waals surface area contributed by atoms with Crippen molar-refractivity contribution in [3.8, 4) is 0 Å². The molecule has 5 nitrogen and oxygen atoms in total. The van der Waals surface area contributed by atoms with Gasteiger partial charge in [0.05, 0.1) is 6.10 Å². The van der Waals surface area contributed by atoms with E-state index in [0.717, 1.165) is 11.3 Å². The van der Waals surface area contributed by atoms with E-state index in [1.807, 2.05) is 19.1 Å². The summed E-state index contributed by atoms with van der Waals surface area (Å²) in [5.74, 6) is 0. The van der Waals surface area contributed by atoms with Gasteiger partial charge in [-0.3, -0.25) is 4.98 Å². The van der Waals surface area contributed by atoms with Crippen LogP contribution in [0.4, 0.5) is 4.79 Å². The average Bonchev–Trinajstić information content (AvgIpc) is 2.55. The minimum atomic E-state index is -0.837. The Balaban J connectivity index is 1.71. The van der Waals surface area contributed by atoms with Crippen LogP contribution in [0.2, 0.25) is 5.02 Å². The Morgan fingerprint density at radius 3 is 2.74 bits per heavy atom. The van der Waals surface area contributed by atoms with Gasteiger partial charge in [0.1, 0.15) is 0 Å². The van der Waals surface area contributed by atoms with Crippen LogP contribution in [0.3, 0.4) is 0 Å². The number of rotatable bonds is 6. The highest BCUT2D eigenvalue weighted by Crippen LogP contribution is 2.21. The summed E-state index contributed by atoms with van der Waals surface area (Å²) in [5.41, 5.74) is 2.63. The molecule has 1 heterocycles. The highest BCUT2D eigenvalue weighted by Gasteiger charge is 2.12. The lowest BCUT2D eigenvalue weighted by atomic mass is 10.1. The molecule has 0 radical (unpaired) electrons. The molecule has 0 aliphatic heterocycles. The maximum Gasteiger partial charge on any atom is 0.314 e. The monoisotopic (exact) mass is 333 g/mol. The van der Waals surface area contributed by atoms with E-state index in [1.165, 1.54) is 0 Å². The Hall–Kier alpha value is -2.11. The van der Waals surface area contributed by atoms with Gasteiger partial charge < -0.3 is 15.7 Å². The Labute approximate surface area is 140 Å². The van der Waals surface area contributed by atoms with Gasteiger partial charge >= 0.3 is 6.03 Å². The van der Waals surface area contributed by atoms with Crippen LogP contribution in [0.1, 0.15) is 22.9 Å². The minimum absolute atomic E-state index is 0.0989. The number of urea groups is 1. The van der Waals surface area contributed by atoms with E-state index in [9.17, 15) is 9.90 Å². The second-order valence-electron chi connectivity index (χ2n) is 5.23. The molecule has 2 amide bonds. The van der Waals surface area contributed by atoms with Crippen LogP contribution in [0, 0.1) is 6.92 Å². The fourth-order valence-electron chi connectivity index (χ4n) is 2.07. The maximum atomic E-state index is 11.7. The summed E-state index contributed by atoms with van der Waals surface area (Å²) >= 11 is 6.00. The second kappa shape index (κ2) is 8.50. The second-order valence-corrected chi connectivity index (χ2v) is 5.64. The van der Waals surface area contributed by atoms with E-state index >= 15 is 0 Å². The fourth-order valence-corrected chi connectivity index (χ4v) is 2.34. The van der Waals surface area contributed by atoms with E-state index in [1.54, 1.807) is 30.5 Å². The Kier molecular flexibility index (Phi) is 6.38. The number of benzene rings is 1. The molecule has 1 aromatic heterocycles. The summed E-state index contributed by atoms with van der Waals surface area (Å²) in [6.07, 6.45) is 1.67. The van der Waals surface area contributed by atoms with Crippen molar-refractivity contribution in [1.82, 2.24) is 15.6 Å². The number of aliphatic hydroxyl groups excluding tert-OH is 1. The topological polar surface area (TPSA) is 74.2 Å². The fraction of sp³-hybridized carbons (Fsp3) is 0.294. The molecule has 2 rings (SSSR count). The number of nitrogens with zero attached hydrogens (tertiary/aromatic N) is 1. The number of hydrogen-bond acceptors (Lipinski definition) is 3. The number of amides is 2. The van der Waals surface area contributed by atoms with Crippen LogP contribution in [0.25, 0.3) is 0 Å². The van der Waals surface area contributed by atoms with Gasteiger partial charge in [-0.15, -0.1) is 0 Å². The van der Waals surface area contributed by atoms with Crippen molar-refractivity contribution >= 4 is 17.6 Å². The number of carbonyl (C=O) groups is 1. The van der Waals surface area contributed by atoms with Crippen molar-refractivity contribution < 1.29 is 9.90 Å². The van der Waals surface area contributed by atoms with Gasteiger partial charge in [0.15, 0.2) is 0 Å². The number of hydrogen-bond donors (Lipinski definition) is 3. The zero-order valence-corrected chi connectivity index (χ0v) is 13.7. The maximum absolute atomic E-state index is 11.7. The van der Waals surface area contributed by atoms with Crippen LogP contribution >= 0.6 is 11.6 Å². The van der Waals surface area contributed by atoms with Crippen LogP contribution in [0.15, 0.2) is 42.6 Å². The number of aromatic nitrogens is 1. The lowest BCUT2D eigenvalue weighted by Gasteiger charge is -2.14. The molecule has 0 saturated carbocycles. The molecule has 1 unspecified atom stereocenters. The van der Waals surface area contributed by atoms with Crippen LogP contribution in [-0.4, -0.2) is 29.2 Å². The molecular weight excluding hydrogens is 314 g/mol. The molecule has 0 saturated heterocycles. The molecule has 2 aromatic rings. The highest BCUT2D eigenvalue weighted by molar-refractivity contribution is 6.31. The lowest BCUT2D eigenvalue weighted by molar-refractivity contribution is 0.173. The van der Waals surface area contributed by atoms with Crippen molar-refractivity contribution in [1.29, 1.82) is 0 Å². The average molecular weight is 334 g/mol. The van der Waals surface area contributed by atoms with Gasteiger partial charge in [-0.25, -0.2) is 4.79 Å². The summed E-state index contributed by atoms with van der Waals surface area (Å²) < 4.78 is 0. The third-order valence-electron chi connectivity index (χ3n) is 3.39. The van der Waals surface area contributed by atoms with E-state index in [-0.39, 0.29) is 12.6 Å². The van der Waals surface area contributed by atoms with Crippen LogP contribution in [-0.2, 0) is 6.42 Å². The molecule has 0 aliphatic rings. The Bertz CT molecular complexity index is 647. The number of nitrogens with one attached hydrogen (secondary N) is 2. The predicted molar refractivity (Wildman–Crippen MR) is 90.5 cm³/mol. The molecule has 6 heteroatoms. The van der Waals surface area contributed by atoms with Crippen molar-refractivity contribution in [3.63, 3.8) is 0 Å². The van der Waals surface area contributed by atoms with Crippen molar-refractivity contribution in [2.24, 2.45) is 0 Å². The van der Waals surface area contributed by atoms with E-state index in [0.29, 0.717) is 23.6 Å². The van der Waals surface area contributed by atoms with Gasteiger partial charge in [0, 0.05) is 35.6 Å². The third kappa shape index (κ3) is 5.54. The number of pyridine rings is 1. The van der Waals surface area contributed by atoms with Crippen LogP contribution < -0.4 is 10.6 Å². The molecule has 23 heavy (non-hydrogen) atoms. The molecule has 3 N–H and O–H groups in total. The molecule has 0 fully saturated rings. The largest absolute Gasteiger partial charge is 0.387 e. The zero-order chi connectivity index (χ0) is 16.7. The summed E-state index contributed by atoms with van der Waals surface area (Å²) in [4.78, 5) is 15.9. The Morgan fingerprint density at radius 1 is 1.26 bits per heavy atom. The smallest absolute Gasteiger partial charge is 0.314 e. The predicted octanol–water partition coefficient (Wildman–Crippen LogP) is 2.62. The van der Waals surface area contributed by atoms with Crippen molar-refractivity contribution in [2.45, 2.75) is 19.4 Å². The van der Waals surface area contributed by atoms with E-state index in [4.69, 9.17) is 11.6 Å². The van der Waals surface area contributed by atoms with Gasteiger partial charge in [-0.2, -0.15) is 0 Å². The SMILES string of the molecule is Cc1ccc(CCNC(=O)NCC(O)c2ccccc2Cl)cn1. The molecular formula is C17H20ClN3O2. The van der Waals surface area contributed by atoms with Crippen molar-refractivity contribution in [3.05, 3.63) is 64.4 Å². The van der Waals surface area contributed by atoms with Gasteiger partial charge in [0.25, 0.3) is 0 Å². The molecule has 0 spiro atoms. The first kappa shape index (κ1) is 17.2. The molecule has 0 bridgehead atoms. The number of aliphatic hydroxyl groups is 1. The lowest BCUT2D eigenvalue weighted by Crippen LogP contribution is -2.38. The first-order chi connectivity index (χ1) is 11.1. The number of halogens is 1. The van der Waals surface area contributed by atoms with Crippen LogP contribution in [0.5, 0.6) is 0 Å². The molecule has 1 atom stereocenters. The quantitative estimate of drug-likeness (QED) is 0.760. The summed E-state index contributed by atoms with van der Waals surface area (Å²) in [5, 5.41) is 15.9. The number of aryl methyl sites for hydroxylation is 1. The summed E-state index contributed by atoms with van der Waals surface area (Å²) in [6, 6.07) is 10.6. The van der Waals surface area contributed by atoms with Crippen molar-refractivity contribution in [2.75, 3.05) is 13.1 Å². The summed E-state index contributed by atoms with van der Waals surface area (Å²) in [7, 11) is 0. The molecule has 1 aromatic carbocycles. The van der Waals surface area contributed by atoms with Gasteiger partial charge in [0.2, 0.25) is 0 Å². The number of carbonyl (C=O) groups excluding carboxylic acids is 1. The zero-order valence-electron chi connectivity index (χ0n) is 12.9. The highest BCUT2D eigenvalue weighted by atomic mass is 35.5. The summed E-state index contributed by atoms with van der Waals surface area (Å²) in [6.45, 7) is 2.53. The normalized spacial score (nSPS) is 11.8. The van der Waals surface area contributed by atoms with E-state index < -0.39 is 6.10 Å². The first-order valence-corrected chi connectivity index (χ1v) is 7.80. The molecule has 0 aliphatic carbocycles. The van der Waals surface area contributed by atoms with E-state index in [2.05, 4.69) is 15.6 Å². The first-order valence-electron chi connectivity index (χ1n) is 7.42. The van der Waals surface area contributed by atoms with Gasteiger partial charge in [-0.05, 0) is 31.0 Å². The minimum Gasteiger partial charge on any atom is -0.387 e. The van der Waals surface area contributed by atoms with Gasteiger partial charge in [-0.1, -0.05) is 35.9 Å². The Morgan fingerprint density at radius 2 is 2.04 bits per heavy atom. The molecule has 122 valence electrons.